The van der Waals surface area contributed by atoms with Gasteiger partial charge in [-0.05, 0) is 24.3 Å². The van der Waals surface area contributed by atoms with Crippen LogP contribution >= 0.6 is 0 Å². The Hall–Kier alpha value is -1.98. The first-order valence-corrected chi connectivity index (χ1v) is 4.87. The predicted octanol–water partition coefficient (Wildman–Crippen LogP) is 4.05. The van der Waals surface area contributed by atoms with Crippen LogP contribution in [0.5, 0.6) is 0 Å². The lowest BCUT2D eigenvalue weighted by atomic mass is 10.1. The highest BCUT2D eigenvalue weighted by atomic mass is 19.4. The molecule has 0 N–H and O–H groups in total. The van der Waals surface area contributed by atoms with Crippen LogP contribution in [0.3, 0.4) is 0 Å². The number of halogens is 5. The molecule has 0 radical (unpaired) electrons. The molecule has 18 heavy (non-hydrogen) atoms. The van der Waals surface area contributed by atoms with E-state index in [1.165, 1.54) is 12.3 Å². The molecule has 94 valence electrons. The van der Waals surface area contributed by atoms with E-state index in [0.29, 0.717) is 12.1 Å². The summed E-state index contributed by atoms with van der Waals surface area (Å²) in [4.78, 5) is 3.81. The molecule has 1 aromatic carbocycles. The van der Waals surface area contributed by atoms with Crippen LogP contribution in [0.25, 0.3) is 11.3 Å². The molecule has 0 aliphatic heterocycles. The van der Waals surface area contributed by atoms with Crippen LogP contribution in [0.1, 0.15) is 5.56 Å². The van der Waals surface area contributed by atoms with Crippen LogP contribution in [-0.4, -0.2) is 4.98 Å². The van der Waals surface area contributed by atoms with E-state index in [1.807, 2.05) is 0 Å². The van der Waals surface area contributed by atoms with Crippen LogP contribution in [0.4, 0.5) is 22.0 Å². The van der Waals surface area contributed by atoms with Crippen LogP contribution < -0.4 is 0 Å². The third-order valence-corrected chi connectivity index (χ3v) is 2.29. The third kappa shape index (κ3) is 2.32. The van der Waals surface area contributed by atoms with E-state index >= 15 is 0 Å². The maximum atomic E-state index is 13.3. The van der Waals surface area contributed by atoms with Crippen molar-refractivity contribution in [2.45, 2.75) is 6.18 Å². The van der Waals surface area contributed by atoms with Crippen LogP contribution in [0.2, 0.25) is 0 Å². The molecule has 1 aromatic heterocycles. The summed E-state index contributed by atoms with van der Waals surface area (Å²) in [5.74, 6) is -3.30. The second-order valence-electron chi connectivity index (χ2n) is 3.53. The van der Waals surface area contributed by atoms with Gasteiger partial charge < -0.3 is 0 Å². The summed E-state index contributed by atoms with van der Waals surface area (Å²) in [6.07, 6.45) is -3.68. The number of aromatic nitrogens is 1. The molecule has 0 unspecified atom stereocenters. The van der Waals surface area contributed by atoms with Crippen molar-refractivity contribution in [3.8, 4) is 11.3 Å². The molecule has 6 heteroatoms. The molecule has 0 spiro atoms. The number of pyridine rings is 1. The van der Waals surface area contributed by atoms with Gasteiger partial charge in [-0.2, -0.15) is 13.2 Å². The minimum Gasteiger partial charge on any atom is -0.256 e. The Kier molecular flexibility index (Phi) is 3.02. The van der Waals surface area contributed by atoms with E-state index in [2.05, 4.69) is 4.98 Å². The normalized spacial score (nSPS) is 11.6. The number of alkyl halides is 3. The van der Waals surface area contributed by atoms with Crippen molar-refractivity contribution in [1.29, 1.82) is 0 Å². The average molecular weight is 259 g/mol. The molecule has 0 bridgehead atoms. The largest absolute Gasteiger partial charge is 0.422 e. The summed E-state index contributed by atoms with van der Waals surface area (Å²) >= 11 is 0. The van der Waals surface area contributed by atoms with Crippen molar-refractivity contribution < 1.29 is 22.0 Å². The maximum absolute atomic E-state index is 13.3. The summed E-state index contributed by atoms with van der Waals surface area (Å²) < 4.78 is 63.7. The Balaban J connectivity index is 2.57. The zero-order valence-corrected chi connectivity index (χ0v) is 8.80. The first-order chi connectivity index (χ1) is 8.39. The topological polar surface area (TPSA) is 12.9 Å². The van der Waals surface area contributed by atoms with Crippen molar-refractivity contribution in [3.05, 3.63) is 53.7 Å². The molecule has 0 atom stereocenters. The Morgan fingerprint density at radius 3 is 2.00 bits per heavy atom. The Bertz CT molecular complexity index is 539. The molecule has 2 aromatic rings. The number of benzene rings is 1. The smallest absolute Gasteiger partial charge is 0.256 e. The van der Waals surface area contributed by atoms with E-state index in [4.69, 9.17) is 0 Å². The highest BCUT2D eigenvalue weighted by molar-refractivity contribution is 5.59. The van der Waals surface area contributed by atoms with Gasteiger partial charge in [-0.3, -0.25) is 4.98 Å². The highest BCUT2D eigenvalue weighted by Gasteiger charge is 2.37. The van der Waals surface area contributed by atoms with Crippen molar-refractivity contribution in [2.24, 2.45) is 0 Å². The first-order valence-electron chi connectivity index (χ1n) is 4.87. The molecule has 1 heterocycles. The summed E-state index contributed by atoms with van der Waals surface area (Å²) in [5, 5.41) is 0. The Morgan fingerprint density at radius 1 is 0.944 bits per heavy atom. The molecule has 0 saturated carbocycles. The van der Waals surface area contributed by atoms with Gasteiger partial charge in [-0.1, -0.05) is 6.07 Å². The zero-order chi connectivity index (χ0) is 13.3. The second-order valence-corrected chi connectivity index (χ2v) is 3.53. The van der Waals surface area contributed by atoms with E-state index < -0.39 is 23.4 Å². The summed E-state index contributed by atoms with van der Waals surface area (Å²) in [5.41, 5.74) is -1.73. The van der Waals surface area contributed by atoms with Crippen LogP contribution in [-0.2, 0) is 6.18 Å². The van der Waals surface area contributed by atoms with E-state index in [-0.39, 0.29) is 11.3 Å². The number of nitrogens with zero attached hydrogens (tertiary/aromatic N) is 1. The molecule has 0 fully saturated rings. The van der Waals surface area contributed by atoms with Gasteiger partial charge in [0.2, 0.25) is 0 Å². The monoisotopic (exact) mass is 259 g/mol. The van der Waals surface area contributed by atoms with Gasteiger partial charge in [0.25, 0.3) is 0 Å². The lowest BCUT2D eigenvalue weighted by molar-refractivity contribution is -0.142. The van der Waals surface area contributed by atoms with Crippen LogP contribution in [0.15, 0.2) is 36.5 Å². The summed E-state index contributed by atoms with van der Waals surface area (Å²) in [6, 6.07) is 5.83. The number of hydrogen-bond donors (Lipinski definition) is 0. The van der Waals surface area contributed by atoms with Gasteiger partial charge in [0.05, 0.1) is 5.69 Å². The Labute approximate surface area is 98.9 Å². The van der Waals surface area contributed by atoms with Crippen molar-refractivity contribution in [3.63, 3.8) is 0 Å². The second kappa shape index (κ2) is 4.36. The van der Waals surface area contributed by atoms with E-state index in [1.54, 1.807) is 12.1 Å². The molecule has 0 saturated heterocycles. The molecular formula is C12H6F5N. The minimum atomic E-state index is -5.06. The summed E-state index contributed by atoms with van der Waals surface area (Å²) in [6.45, 7) is 0. The molecule has 1 nitrogen and oxygen atoms in total. The Morgan fingerprint density at radius 2 is 1.56 bits per heavy atom. The van der Waals surface area contributed by atoms with Crippen LogP contribution in [0, 0.1) is 11.6 Å². The van der Waals surface area contributed by atoms with Gasteiger partial charge in [0.1, 0.15) is 17.2 Å². The lowest BCUT2D eigenvalue weighted by Crippen LogP contribution is -2.11. The number of rotatable bonds is 1. The minimum absolute atomic E-state index is 0.0430. The maximum Gasteiger partial charge on any atom is 0.422 e. The summed E-state index contributed by atoms with van der Waals surface area (Å²) in [7, 11) is 0. The molecule has 0 aliphatic rings. The molecular weight excluding hydrogens is 253 g/mol. The van der Waals surface area contributed by atoms with E-state index in [9.17, 15) is 22.0 Å². The van der Waals surface area contributed by atoms with Crippen molar-refractivity contribution in [2.75, 3.05) is 0 Å². The fourth-order valence-corrected chi connectivity index (χ4v) is 1.53. The van der Waals surface area contributed by atoms with E-state index in [0.717, 1.165) is 0 Å². The third-order valence-electron chi connectivity index (χ3n) is 2.29. The molecule has 0 amide bonds. The average Bonchev–Trinajstić information content (AvgIpc) is 2.27. The fraction of sp³-hybridized carbons (Fsp3) is 0.0833. The van der Waals surface area contributed by atoms with Gasteiger partial charge in [-0.15, -0.1) is 0 Å². The van der Waals surface area contributed by atoms with Crippen molar-refractivity contribution >= 4 is 0 Å². The zero-order valence-electron chi connectivity index (χ0n) is 8.80. The number of hydrogen-bond acceptors (Lipinski definition) is 1. The van der Waals surface area contributed by atoms with Gasteiger partial charge in [0, 0.05) is 11.8 Å². The van der Waals surface area contributed by atoms with Gasteiger partial charge in [0.15, 0.2) is 0 Å². The standard InChI is InChI=1S/C12H6F5N/c13-8-5-7(10-3-1-2-4-18-10)6-9(14)11(8)12(15,16)17/h1-6H. The van der Waals surface area contributed by atoms with Gasteiger partial charge >= 0.3 is 6.18 Å². The first kappa shape index (κ1) is 12.5. The fourth-order valence-electron chi connectivity index (χ4n) is 1.53. The lowest BCUT2D eigenvalue weighted by Gasteiger charge is -2.10. The molecule has 2 rings (SSSR count). The van der Waals surface area contributed by atoms with Gasteiger partial charge in [-0.25, -0.2) is 8.78 Å². The van der Waals surface area contributed by atoms with Crippen molar-refractivity contribution in [1.82, 2.24) is 4.98 Å². The highest BCUT2D eigenvalue weighted by Crippen LogP contribution is 2.35. The SMILES string of the molecule is Fc1cc(-c2ccccn2)cc(F)c1C(F)(F)F. The predicted molar refractivity (Wildman–Crippen MR) is 54.6 cm³/mol. The molecule has 0 aliphatic carbocycles. The quantitative estimate of drug-likeness (QED) is 0.704.